The lowest BCUT2D eigenvalue weighted by Crippen LogP contribution is -2.22. The number of anilines is 1. The highest BCUT2D eigenvalue weighted by Gasteiger charge is 2.16. The summed E-state index contributed by atoms with van der Waals surface area (Å²) in [6.45, 7) is 1.28. The quantitative estimate of drug-likeness (QED) is 0.629. The van der Waals surface area contributed by atoms with Crippen LogP contribution in [0.3, 0.4) is 0 Å². The molecule has 0 aliphatic carbocycles. The summed E-state index contributed by atoms with van der Waals surface area (Å²) in [5, 5.41) is 24.1. The monoisotopic (exact) mass is 329 g/mol. The summed E-state index contributed by atoms with van der Waals surface area (Å²) in [4.78, 5) is 32.8. The Morgan fingerprint density at radius 1 is 1.17 bits per heavy atom. The minimum atomic E-state index is -1.32. The van der Waals surface area contributed by atoms with Crippen molar-refractivity contribution in [2.75, 3.05) is 11.9 Å². The molecular formula is C16H13N2O6-. The third-order valence-corrected chi connectivity index (χ3v) is 3.07. The van der Waals surface area contributed by atoms with Crippen molar-refractivity contribution in [1.82, 2.24) is 0 Å². The van der Waals surface area contributed by atoms with Gasteiger partial charge in [-0.3, -0.25) is 14.9 Å². The maximum atomic E-state index is 11.8. The molecule has 8 nitrogen and oxygen atoms in total. The predicted octanol–water partition coefficient (Wildman–Crippen LogP) is 1.28. The van der Waals surface area contributed by atoms with Gasteiger partial charge in [-0.15, -0.1) is 0 Å². The summed E-state index contributed by atoms with van der Waals surface area (Å²) in [6.07, 6.45) is 0. The van der Waals surface area contributed by atoms with Crippen LogP contribution in [-0.2, 0) is 4.79 Å². The number of carboxylic acids is 1. The molecule has 0 aliphatic rings. The first-order valence-corrected chi connectivity index (χ1v) is 6.86. The zero-order chi connectivity index (χ0) is 17.7. The van der Waals surface area contributed by atoms with Gasteiger partial charge in [0, 0.05) is 11.8 Å². The molecule has 0 radical (unpaired) electrons. The molecular weight excluding hydrogens is 316 g/mol. The van der Waals surface area contributed by atoms with Crippen molar-refractivity contribution >= 4 is 23.3 Å². The number of aryl methyl sites for hydroxylation is 1. The number of nitrogens with one attached hydrogen (secondary N) is 1. The second-order valence-corrected chi connectivity index (χ2v) is 4.93. The Balaban J connectivity index is 1.98. The van der Waals surface area contributed by atoms with Crippen molar-refractivity contribution in [3.63, 3.8) is 0 Å². The first-order valence-electron chi connectivity index (χ1n) is 6.86. The van der Waals surface area contributed by atoms with Crippen molar-refractivity contribution in [3.05, 3.63) is 63.7 Å². The molecule has 0 atom stereocenters. The fourth-order valence-corrected chi connectivity index (χ4v) is 1.92. The second kappa shape index (κ2) is 7.23. The molecule has 0 unspecified atom stereocenters. The zero-order valence-corrected chi connectivity index (χ0v) is 12.6. The summed E-state index contributed by atoms with van der Waals surface area (Å²) in [6, 6.07) is 9.79. The number of hydrogen-bond donors (Lipinski definition) is 1. The summed E-state index contributed by atoms with van der Waals surface area (Å²) in [7, 11) is 0. The molecule has 2 aromatic rings. The molecule has 1 amide bonds. The molecule has 8 heteroatoms. The Morgan fingerprint density at radius 2 is 1.83 bits per heavy atom. The van der Waals surface area contributed by atoms with Gasteiger partial charge in [-0.1, -0.05) is 18.2 Å². The first kappa shape index (κ1) is 16.9. The highest BCUT2D eigenvalue weighted by molar-refractivity contribution is 5.93. The summed E-state index contributed by atoms with van der Waals surface area (Å²) in [5.41, 5.74) is 0.833. The Morgan fingerprint density at radius 3 is 2.42 bits per heavy atom. The van der Waals surface area contributed by atoms with Gasteiger partial charge in [-0.2, -0.15) is 0 Å². The molecule has 0 aliphatic heterocycles. The van der Waals surface area contributed by atoms with Gasteiger partial charge in [-0.25, -0.2) is 0 Å². The number of hydrogen-bond acceptors (Lipinski definition) is 6. The Kier molecular flexibility index (Phi) is 5.10. The Hall–Kier alpha value is -3.42. The van der Waals surface area contributed by atoms with Crippen LogP contribution in [0.2, 0.25) is 0 Å². The van der Waals surface area contributed by atoms with Crippen molar-refractivity contribution < 1.29 is 24.4 Å². The SMILES string of the molecule is Cc1ccc(OCC(=O)Nc2ccc(C(=O)[O-])cc2)c([N+](=O)[O-])c1. The Labute approximate surface area is 136 Å². The molecule has 0 spiro atoms. The summed E-state index contributed by atoms with van der Waals surface area (Å²) in [5.74, 6) is -1.86. The average molecular weight is 329 g/mol. The molecule has 0 heterocycles. The van der Waals surface area contributed by atoms with Gasteiger partial charge >= 0.3 is 5.69 Å². The van der Waals surface area contributed by atoms with E-state index in [-0.39, 0.29) is 17.0 Å². The molecule has 124 valence electrons. The van der Waals surface area contributed by atoms with E-state index < -0.39 is 23.4 Å². The maximum absolute atomic E-state index is 11.8. The van der Waals surface area contributed by atoms with E-state index in [1.54, 1.807) is 13.0 Å². The van der Waals surface area contributed by atoms with E-state index in [9.17, 15) is 24.8 Å². The third kappa shape index (κ3) is 4.29. The smallest absolute Gasteiger partial charge is 0.311 e. The molecule has 0 aromatic heterocycles. The van der Waals surface area contributed by atoms with Crippen molar-refractivity contribution in [1.29, 1.82) is 0 Å². The van der Waals surface area contributed by atoms with Crippen LogP contribution in [0.5, 0.6) is 5.75 Å². The fourth-order valence-electron chi connectivity index (χ4n) is 1.92. The minimum absolute atomic E-state index is 0.00644. The van der Waals surface area contributed by atoms with Crippen molar-refractivity contribution in [2.24, 2.45) is 0 Å². The van der Waals surface area contributed by atoms with E-state index in [0.717, 1.165) is 0 Å². The summed E-state index contributed by atoms with van der Waals surface area (Å²) >= 11 is 0. The van der Waals surface area contributed by atoms with E-state index in [2.05, 4.69) is 5.32 Å². The van der Waals surface area contributed by atoms with Crippen molar-refractivity contribution in [3.8, 4) is 5.75 Å². The van der Waals surface area contributed by atoms with Crippen molar-refractivity contribution in [2.45, 2.75) is 6.92 Å². The molecule has 0 saturated heterocycles. The normalized spacial score (nSPS) is 10.0. The lowest BCUT2D eigenvalue weighted by atomic mass is 10.2. The number of carbonyl (C=O) groups excluding carboxylic acids is 2. The van der Waals surface area contributed by atoms with Crippen LogP contribution in [0, 0.1) is 17.0 Å². The third-order valence-electron chi connectivity index (χ3n) is 3.07. The fraction of sp³-hybridized carbons (Fsp3) is 0.125. The van der Waals surface area contributed by atoms with Gasteiger partial charge in [0.15, 0.2) is 12.4 Å². The topological polar surface area (TPSA) is 122 Å². The molecule has 24 heavy (non-hydrogen) atoms. The molecule has 0 bridgehead atoms. The second-order valence-electron chi connectivity index (χ2n) is 4.93. The summed E-state index contributed by atoms with van der Waals surface area (Å²) < 4.78 is 5.19. The van der Waals surface area contributed by atoms with E-state index >= 15 is 0 Å². The lowest BCUT2D eigenvalue weighted by Gasteiger charge is -2.09. The van der Waals surface area contributed by atoms with Crippen LogP contribution in [0.15, 0.2) is 42.5 Å². The number of benzene rings is 2. The number of ether oxygens (including phenoxy) is 1. The number of amides is 1. The number of carbonyl (C=O) groups is 2. The maximum Gasteiger partial charge on any atom is 0.311 e. The van der Waals surface area contributed by atoms with E-state index in [0.29, 0.717) is 11.3 Å². The highest BCUT2D eigenvalue weighted by atomic mass is 16.6. The molecule has 1 N–H and O–H groups in total. The first-order chi connectivity index (χ1) is 11.4. The molecule has 0 fully saturated rings. The van der Waals surface area contributed by atoms with Gasteiger partial charge in [-0.05, 0) is 36.2 Å². The number of nitro benzene ring substituents is 1. The van der Waals surface area contributed by atoms with E-state index in [1.807, 2.05) is 0 Å². The molecule has 2 rings (SSSR count). The van der Waals surface area contributed by atoms with Crippen LogP contribution in [-0.4, -0.2) is 23.4 Å². The van der Waals surface area contributed by atoms with Crippen LogP contribution in [0.4, 0.5) is 11.4 Å². The largest absolute Gasteiger partial charge is 0.545 e. The average Bonchev–Trinajstić information content (AvgIpc) is 2.54. The minimum Gasteiger partial charge on any atom is -0.545 e. The van der Waals surface area contributed by atoms with Gasteiger partial charge in [0.1, 0.15) is 0 Å². The van der Waals surface area contributed by atoms with Gasteiger partial charge in [0.05, 0.1) is 10.9 Å². The van der Waals surface area contributed by atoms with Crippen LogP contribution in [0.1, 0.15) is 15.9 Å². The number of nitrogens with zero attached hydrogens (tertiary/aromatic N) is 1. The number of carboxylic acid groups (broad SMARTS) is 1. The Bertz CT molecular complexity index is 786. The number of aromatic carboxylic acids is 1. The lowest BCUT2D eigenvalue weighted by molar-refractivity contribution is -0.385. The van der Waals surface area contributed by atoms with E-state index in [1.165, 1.54) is 36.4 Å². The predicted molar refractivity (Wildman–Crippen MR) is 82.7 cm³/mol. The highest BCUT2D eigenvalue weighted by Crippen LogP contribution is 2.27. The number of nitro groups is 1. The van der Waals surface area contributed by atoms with Crippen LogP contribution >= 0.6 is 0 Å². The van der Waals surface area contributed by atoms with Gasteiger partial charge < -0.3 is 20.0 Å². The zero-order valence-electron chi connectivity index (χ0n) is 12.6. The van der Waals surface area contributed by atoms with Crippen LogP contribution in [0.25, 0.3) is 0 Å². The van der Waals surface area contributed by atoms with E-state index in [4.69, 9.17) is 4.74 Å². The molecule has 0 saturated carbocycles. The van der Waals surface area contributed by atoms with Gasteiger partial charge in [0.25, 0.3) is 5.91 Å². The van der Waals surface area contributed by atoms with Crippen LogP contribution < -0.4 is 15.2 Å². The molecule has 2 aromatic carbocycles. The van der Waals surface area contributed by atoms with Gasteiger partial charge in [0.2, 0.25) is 0 Å². The number of rotatable bonds is 6. The standard InChI is InChI=1S/C16H14N2O6/c1-10-2-7-14(13(8-10)18(22)23)24-9-15(19)17-12-5-3-11(4-6-12)16(20)21/h2-8H,9H2,1H3,(H,17,19)(H,20,21)/p-1.